The summed E-state index contributed by atoms with van der Waals surface area (Å²) in [5.74, 6) is -2.32. The van der Waals surface area contributed by atoms with E-state index in [1.165, 1.54) is 0 Å². The molecule has 0 N–H and O–H groups in total. The first-order valence-corrected chi connectivity index (χ1v) is 6.18. The molecule has 0 spiro atoms. The third kappa shape index (κ3) is 5.18. The molecule has 18 heavy (non-hydrogen) atoms. The quantitative estimate of drug-likeness (QED) is 0.680. The standard InChI is InChI=1S/C12H14BrNO4/c13-9-1-3-10(4-2-9)14(7-5-11(15)16)8-6-12(17)18/h1-4H,5-8H2,(H,15,16)(H,17,18)/p-2. The summed E-state index contributed by atoms with van der Waals surface area (Å²) in [6.07, 6.45) is -0.299. The molecule has 0 aromatic heterocycles. The molecule has 0 atom stereocenters. The minimum atomic E-state index is -1.16. The van der Waals surface area contributed by atoms with Crippen LogP contribution in [0.1, 0.15) is 12.8 Å². The largest absolute Gasteiger partial charge is 0.550 e. The van der Waals surface area contributed by atoms with E-state index in [2.05, 4.69) is 15.9 Å². The van der Waals surface area contributed by atoms with Crippen LogP contribution in [0, 0.1) is 0 Å². The molecule has 0 saturated heterocycles. The van der Waals surface area contributed by atoms with Gasteiger partial charge in [0.15, 0.2) is 0 Å². The van der Waals surface area contributed by atoms with E-state index in [0.29, 0.717) is 0 Å². The SMILES string of the molecule is O=C([O-])CCN(CCC(=O)[O-])c1ccc(Br)cc1. The molecular formula is C12H12BrNO4-2. The number of hydrogen-bond donors (Lipinski definition) is 0. The van der Waals surface area contributed by atoms with Gasteiger partial charge in [-0.3, -0.25) is 0 Å². The number of carboxylic acid groups (broad SMARTS) is 2. The Morgan fingerprint density at radius 1 is 1.00 bits per heavy atom. The van der Waals surface area contributed by atoms with Crippen LogP contribution in [0.2, 0.25) is 0 Å². The smallest absolute Gasteiger partial charge is 0.0431 e. The third-order valence-electron chi connectivity index (χ3n) is 2.36. The Balaban J connectivity index is 2.71. The summed E-state index contributed by atoms with van der Waals surface area (Å²) in [6, 6.07) is 7.18. The average Bonchev–Trinajstić information content (AvgIpc) is 2.30. The third-order valence-corrected chi connectivity index (χ3v) is 2.89. The van der Waals surface area contributed by atoms with Crippen molar-refractivity contribution in [3.8, 4) is 0 Å². The van der Waals surface area contributed by atoms with Crippen LogP contribution in [0.5, 0.6) is 0 Å². The molecule has 0 amide bonds. The molecule has 0 fully saturated rings. The van der Waals surface area contributed by atoms with E-state index < -0.39 is 11.9 Å². The van der Waals surface area contributed by atoms with Crippen LogP contribution in [-0.2, 0) is 9.59 Å². The van der Waals surface area contributed by atoms with Crippen molar-refractivity contribution in [2.75, 3.05) is 18.0 Å². The predicted molar refractivity (Wildman–Crippen MR) is 65.6 cm³/mol. The lowest BCUT2D eigenvalue weighted by atomic mass is 10.2. The normalized spacial score (nSPS) is 10.1. The van der Waals surface area contributed by atoms with Gasteiger partial charge in [-0.15, -0.1) is 0 Å². The lowest BCUT2D eigenvalue weighted by molar-refractivity contribution is -0.306. The van der Waals surface area contributed by atoms with Crippen molar-refractivity contribution < 1.29 is 19.8 Å². The monoisotopic (exact) mass is 313 g/mol. The van der Waals surface area contributed by atoms with E-state index in [9.17, 15) is 19.8 Å². The molecule has 0 heterocycles. The Labute approximate surface area is 113 Å². The van der Waals surface area contributed by atoms with Gasteiger partial charge in [0, 0.05) is 48.0 Å². The zero-order valence-electron chi connectivity index (χ0n) is 9.60. The average molecular weight is 314 g/mol. The highest BCUT2D eigenvalue weighted by atomic mass is 79.9. The van der Waals surface area contributed by atoms with Crippen LogP contribution in [0.4, 0.5) is 5.69 Å². The van der Waals surface area contributed by atoms with Gasteiger partial charge in [-0.2, -0.15) is 0 Å². The van der Waals surface area contributed by atoms with Crippen molar-refractivity contribution in [3.63, 3.8) is 0 Å². The molecule has 0 saturated carbocycles. The number of anilines is 1. The fourth-order valence-electron chi connectivity index (χ4n) is 1.47. The molecule has 0 aliphatic heterocycles. The first-order chi connectivity index (χ1) is 8.49. The summed E-state index contributed by atoms with van der Waals surface area (Å²) in [5.41, 5.74) is 0.765. The molecular weight excluding hydrogens is 302 g/mol. The molecule has 0 radical (unpaired) electrons. The molecule has 0 bridgehead atoms. The lowest BCUT2D eigenvalue weighted by Gasteiger charge is -2.25. The number of benzene rings is 1. The first-order valence-electron chi connectivity index (χ1n) is 5.39. The van der Waals surface area contributed by atoms with E-state index in [0.717, 1.165) is 10.2 Å². The number of carbonyl (C=O) groups is 2. The molecule has 1 aromatic carbocycles. The van der Waals surface area contributed by atoms with Gasteiger partial charge >= 0.3 is 0 Å². The van der Waals surface area contributed by atoms with Gasteiger partial charge in [-0.05, 0) is 24.3 Å². The number of carboxylic acids is 2. The summed E-state index contributed by atoms with van der Waals surface area (Å²) < 4.78 is 0.894. The van der Waals surface area contributed by atoms with Crippen LogP contribution >= 0.6 is 15.9 Å². The highest BCUT2D eigenvalue weighted by Crippen LogP contribution is 2.18. The molecule has 1 rings (SSSR count). The van der Waals surface area contributed by atoms with Crippen LogP contribution < -0.4 is 15.1 Å². The number of carbonyl (C=O) groups excluding carboxylic acids is 2. The van der Waals surface area contributed by atoms with E-state index in [-0.39, 0.29) is 25.9 Å². The van der Waals surface area contributed by atoms with Crippen molar-refractivity contribution >= 4 is 33.6 Å². The van der Waals surface area contributed by atoms with Gasteiger partial charge in [0.2, 0.25) is 0 Å². The van der Waals surface area contributed by atoms with Crippen LogP contribution in [0.3, 0.4) is 0 Å². The zero-order valence-corrected chi connectivity index (χ0v) is 11.2. The number of halogens is 1. The van der Waals surface area contributed by atoms with Crippen LogP contribution in [0.25, 0.3) is 0 Å². The Bertz CT molecular complexity index is 401. The number of rotatable bonds is 7. The molecule has 5 nitrogen and oxygen atoms in total. The topological polar surface area (TPSA) is 83.5 Å². The van der Waals surface area contributed by atoms with E-state index in [1.807, 2.05) is 0 Å². The van der Waals surface area contributed by atoms with E-state index in [1.54, 1.807) is 29.2 Å². The molecule has 0 aliphatic rings. The predicted octanol–water partition coefficient (Wildman–Crippen LogP) is -0.464. The van der Waals surface area contributed by atoms with Crippen molar-refractivity contribution in [1.82, 2.24) is 0 Å². The summed E-state index contributed by atoms with van der Waals surface area (Å²) in [4.78, 5) is 22.6. The fraction of sp³-hybridized carbons (Fsp3) is 0.333. The number of hydrogen-bond acceptors (Lipinski definition) is 5. The molecule has 1 aromatic rings. The maximum absolute atomic E-state index is 10.5. The Kier molecular flexibility index (Phi) is 5.64. The van der Waals surface area contributed by atoms with Crippen LogP contribution in [-0.4, -0.2) is 25.0 Å². The number of aliphatic carboxylic acids is 2. The van der Waals surface area contributed by atoms with Crippen molar-refractivity contribution in [1.29, 1.82) is 0 Å². The highest BCUT2D eigenvalue weighted by Gasteiger charge is 2.06. The molecule has 0 unspecified atom stereocenters. The maximum atomic E-state index is 10.5. The Morgan fingerprint density at radius 2 is 1.44 bits per heavy atom. The van der Waals surface area contributed by atoms with Gasteiger partial charge in [-0.1, -0.05) is 15.9 Å². The summed E-state index contributed by atoms with van der Waals surface area (Å²) in [6.45, 7) is 0.411. The summed E-state index contributed by atoms with van der Waals surface area (Å²) in [5, 5.41) is 20.9. The molecule has 6 heteroatoms. The Morgan fingerprint density at radius 3 is 1.83 bits per heavy atom. The zero-order chi connectivity index (χ0) is 13.5. The Hall–Kier alpha value is -1.56. The lowest BCUT2D eigenvalue weighted by Crippen LogP contribution is -2.34. The second-order valence-electron chi connectivity index (χ2n) is 3.71. The van der Waals surface area contributed by atoms with Gasteiger partial charge in [0.1, 0.15) is 0 Å². The maximum Gasteiger partial charge on any atom is 0.0431 e. The van der Waals surface area contributed by atoms with Gasteiger partial charge in [0.05, 0.1) is 0 Å². The summed E-state index contributed by atoms with van der Waals surface area (Å²) in [7, 11) is 0. The second kappa shape index (κ2) is 7.00. The van der Waals surface area contributed by atoms with Crippen LogP contribution in [0.15, 0.2) is 28.7 Å². The van der Waals surface area contributed by atoms with Gasteiger partial charge in [-0.25, -0.2) is 0 Å². The number of nitrogens with zero attached hydrogens (tertiary/aromatic N) is 1. The van der Waals surface area contributed by atoms with Gasteiger partial charge in [0.25, 0.3) is 0 Å². The van der Waals surface area contributed by atoms with Gasteiger partial charge < -0.3 is 24.7 Å². The van der Waals surface area contributed by atoms with Crippen molar-refractivity contribution in [3.05, 3.63) is 28.7 Å². The van der Waals surface area contributed by atoms with E-state index in [4.69, 9.17) is 0 Å². The summed E-state index contributed by atoms with van der Waals surface area (Å²) >= 11 is 3.29. The fourth-order valence-corrected chi connectivity index (χ4v) is 1.74. The first kappa shape index (κ1) is 14.5. The highest BCUT2D eigenvalue weighted by molar-refractivity contribution is 9.10. The minimum absolute atomic E-state index is 0.150. The minimum Gasteiger partial charge on any atom is -0.550 e. The van der Waals surface area contributed by atoms with Crippen molar-refractivity contribution in [2.45, 2.75) is 12.8 Å². The van der Waals surface area contributed by atoms with Crippen molar-refractivity contribution in [2.24, 2.45) is 0 Å². The second-order valence-corrected chi connectivity index (χ2v) is 4.62. The molecule has 98 valence electrons. The van der Waals surface area contributed by atoms with E-state index >= 15 is 0 Å². The molecule has 0 aliphatic carbocycles.